The Morgan fingerprint density at radius 3 is 1.45 bits per heavy atom. The summed E-state index contributed by atoms with van der Waals surface area (Å²) in [4.78, 5) is 0. The van der Waals surface area contributed by atoms with Crippen LogP contribution in [0.15, 0.2) is 73.1 Å². The van der Waals surface area contributed by atoms with Crippen LogP contribution in [-0.4, -0.2) is 30.0 Å². The number of nitrogens with zero attached hydrogens (tertiary/aromatic N) is 6. The fourth-order valence-electron chi connectivity index (χ4n) is 3.39. The molecule has 4 aromatic rings. The van der Waals surface area contributed by atoms with Gasteiger partial charge in [-0.15, -0.1) is 10.2 Å². The summed E-state index contributed by atoms with van der Waals surface area (Å²) in [6, 6.07) is 20.7. The Morgan fingerprint density at radius 1 is 0.552 bits per heavy atom. The number of hydrogen-bond donors (Lipinski definition) is 0. The molecule has 4 rings (SSSR count). The molecule has 0 radical (unpaired) electrons. The monoisotopic (exact) mass is 386 g/mol. The van der Waals surface area contributed by atoms with Gasteiger partial charge in [0.25, 0.3) is 0 Å². The molecule has 0 bridgehead atoms. The van der Waals surface area contributed by atoms with Gasteiger partial charge in [0.05, 0.1) is 24.5 Å². The molecule has 0 N–H and O–H groups in total. The second-order valence-corrected chi connectivity index (χ2v) is 7.35. The highest BCUT2D eigenvalue weighted by Gasteiger charge is 2.04. The fraction of sp³-hybridized carbons (Fsp3) is 0.304. The molecule has 0 unspecified atom stereocenters. The van der Waals surface area contributed by atoms with Crippen LogP contribution < -0.4 is 0 Å². The first kappa shape index (κ1) is 19.1. The molecule has 0 aliphatic rings. The van der Waals surface area contributed by atoms with Gasteiger partial charge in [-0.2, -0.15) is 0 Å². The first-order valence-electron chi connectivity index (χ1n) is 10.2. The quantitative estimate of drug-likeness (QED) is 0.388. The molecule has 0 spiro atoms. The van der Waals surface area contributed by atoms with Crippen molar-refractivity contribution in [2.45, 2.75) is 45.2 Å². The largest absolute Gasteiger partial charge is 0.248 e. The van der Waals surface area contributed by atoms with Crippen molar-refractivity contribution in [2.75, 3.05) is 0 Å². The molecule has 29 heavy (non-hydrogen) atoms. The molecule has 0 aliphatic carbocycles. The van der Waals surface area contributed by atoms with Crippen molar-refractivity contribution in [3.8, 4) is 0 Å². The molecular formula is C23H26N6. The van der Waals surface area contributed by atoms with Crippen LogP contribution in [0.4, 0.5) is 0 Å². The van der Waals surface area contributed by atoms with Crippen molar-refractivity contribution >= 4 is 0 Å². The third-order valence-electron chi connectivity index (χ3n) is 4.91. The van der Waals surface area contributed by atoms with Gasteiger partial charge in [-0.05, 0) is 36.8 Å². The van der Waals surface area contributed by atoms with E-state index in [0.717, 1.165) is 56.6 Å². The Labute approximate surface area is 171 Å². The Morgan fingerprint density at radius 2 is 1.00 bits per heavy atom. The van der Waals surface area contributed by atoms with Crippen LogP contribution in [0, 0.1) is 0 Å². The summed E-state index contributed by atoms with van der Waals surface area (Å²) < 4.78 is 3.82. The molecule has 6 heteroatoms. The maximum Gasteiger partial charge on any atom is 0.0827 e. The zero-order chi connectivity index (χ0) is 19.7. The number of hydrogen-bond acceptors (Lipinski definition) is 4. The highest BCUT2D eigenvalue weighted by molar-refractivity contribution is 5.15. The van der Waals surface area contributed by atoms with E-state index in [1.807, 2.05) is 45.8 Å². The fourth-order valence-corrected chi connectivity index (χ4v) is 3.39. The SMILES string of the molecule is c1ccc(Cn2cc(CCCCCc3cn(Cc4ccccc4)nn3)nn2)cc1. The van der Waals surface area contributed by atoms with E-state index in [0.29, 0.717) is 0 Å². The normalized spacial score (nSPS) is 11.0. The molecule has 0 amide bonds. The van der Waals surface area contributed by atoms with Crippen LogP contribution in [0.5, 0.6) is 0 Å². The van der Waals surface area contributed by atoms with E-state index in [-0.39, 0.29) is 0 Å². The highest BCUT2D eigenvalue weighted by atomic mass is 15.4. The summed E-state index contributed by atoms with van der Waals surface area (Å²) in [5.41, 5.74) is 4.61. The van der Waals surface area contributed by atoms with Gasteiger partial charge in [0.1, 0.15) is 0 Å². The van der Waals surface area contributed by atoms with Gasteiger partial charge in [0.15, 0.2) is 0 Å². The van der Waals surface area contributed by atoms with Gasteiger partial charge in [-0.25, -0.2) is 9.36 Å². The average Bonchev–Trinajstić information content (AvgIpc) is 3.39. The second kappa shape index (κ2) is 9.78. The van der Waals surface area contributed by atoms with E-state index in [1.54, 1.807) is 0 Å². The lowest BCUT2D eigenvalue weighted by atomic mass is 10.1. The topological polar surface area (TPSA) is 61.4 Å². The molecule has 0 fully saturated rings. The minimum absolute atomic E-state index is 0.770. The van der Waals surface area contributed by atoms with Crippen LogP contribution in [0.1, 0.15) is 41.8 Å². The predicted octanol–water partition coefficient (Wildman–Crippen LogP) is 3.92. The van der Waals surface area contributed by atoms with Crippen LogP contribution in [0.25, 0.3) is 0 Å². The minimum Gasteiger partial charge on any atom is -0.248 e. The number of unbranched alkanes of at least 4 members (excludes halogenated alkanes) is 2. The molecule has 148 valence electrons. The van der Waals surface area contributed by atoms with Crippen LogP contribution in [0.3, 0.4) is 0 Å². The summed E-state index contributed by atoms with van der Waals surface area (Å²) >= 11 is 0. The lowest BCUT2D eigenvalue weighted by Gasteiger charge is -2.00. The zero-order valence-corrected chi connectivity index (χ0v) is 16.6. The van der Waals surface area contributed by atoms with E-state index < -0.39 is 0 Å². The molecular weight excluding hydrogens is 360 g/mol. The van der Waals surface area contributed by atoms with Crippen LogP contribution in [-0.2, 0) is 25.9 Å². The van der Waals surface area contributed by atoms with E-state index in [2.05, 4.69) is 57.3 Å². The lowest BCUT2D eigenvalue weighted by molar-refractivity contribution is 0.644. The zero-order valence-electron chi connectivity index (χ0n) is 16.6. The van der Waals surface area contributed by atoms with Crippen LogP contribution >= 0.6 is 0 Å². The molecule has 6 nitrogen and oxygen atoms in total. The Kier molecular flexibility index (Phi) is 6.42. The molecule has 0 aliphatic heterocycles. The van der Waals surface area contributed by atoms with Crippen molar-refractivity contribution < 1.29 is 0 Å². The smallest absolute Gasteiger partial charge is 0.0827 e. The van der Waals surface area contributed by atoms with Gasteiger partial charge in [-0.3, -0.25) is 0 Å². The summed E-state index contributed by atoms with van der Waals surface area (Å²) in [6.07, 6.45) is 9.43. The molecule has 0 saturated heterocycles. The minimum atomic E-state index is 0.770. The summed E-state index contributed by atoms with van der Waals surface area (Å²) in [6.45, 7) is 1.54. The maximum absolute atomic E-state index is 4.30. The Balaban J connectivity index is 1.15. The average molecular weight is 387 g/mol. The van der Waals surface area contributed by atoms with Crippen LogP contribution in [0.2, 0.25) is 0 Å². The van der Waals surface area contributed by atoms with Crippen molar-refractivity contribution in [2.24, 2.45) is 0 Å². The van der Waals surface area contributed by atoms with Crippen molar-refractivity contribution in [3.05, 3.63) is 95.6 Å². The molecule has 0 atom stereocenters. The third kappa shape index (κ3) is 5.85. The molecule has 2 aromatic heterocycles. The number of rotatable bonds is 10. The summed E-state index contributed by atoms with van der Waals surface area (Å²) in [5, 5.41) is 17.1. The number of aryl methyl sites for hydroxylation is 2. The number of aromatic nitrogens is 6. The van der Waals surface area contributed by atoms with Gasteiger partial charge in [0.2, 0.25) is 0 Å². The van der Waals surface area contributed by atoms with E-state index in [4.69, 9.17) is 0 Å². The van der Waals surface area contributed by atoms with Gasteiger partial charge < -0.3 is 0 Å². The standard InChI is InChI=1S/C23H26N6/c1-4-10-20(11-5-1)16-28-18-22(24-26-28)14-8-3-9-15-23-19-29(27-25-23)17-21-12-6-2-7-13-21/h1-2,4-7,10-13,18-19H,3,8-9,14-17H2. The summed E-state index contributed by atoms with van der Waals surface area (Å²) in [5.74, 6) is 0. The Hall–Kier alpha value is -3.28. The predicted molar refractivity (Wildman–Crippen MR) is 112 cm³/mol. The maximum atomic E-state index is 4.30. The summed E-state index contributed by atoms with van der Waals surface area (Å²) in [7, 11) is 0. The van der Waals surface area contributed by atoms with Crippen molar-refractivity contribution in [3.63, 3.8) is 0 Å². The second-order valence-electron chi connectivity index (χ2n) is 7.35. The molecule has 2 heterocycles. The van der Waals surface area contributed by atoms with E-state index >= 15 is 0 Å². The first-order valence-corrected chi connectivity index (χ1v) is 10.2. The van der Waals surface area contributed by atoms with Crippen molar-refractivity contribution in [1.82, 2.24) is 30.0 Å². The highest BCUT2D eigenvalue weighted by Crippen LogP contribution is 2.09. The van der Waals surface area contributed by atoms with E-state index in [1.165, 1.54) is 11.1 Å². The van der Waals surface area contributed by atoms with Gasteiger partial charge >= 0.3 is 0 Å². The molecule has 2 aromatic carbocycles. The van der Waals surface area contributed by atoms with Crippen molar-refractivity contribution in [1.29, 1.82) is 0 Å². The first-order chi connectivity index (χ1) is 14.3. The van der Waals surface area contributed by atoms with E-state index in [9.17, 15) is 0 Å². The Bertz CT molecular complexity index is 909. The lowest BCUT2D eigenvalue weighted by Crippen LogP contribution is -1.99. The van der Waals surface area contributed by atoms with Gasteiger partial charge in [-0.1, -0.05) is 77.5 Å². The molecule has 0 saturated carbocycles. The third-order valence-corrected chi connectivity index (χ3v) is 4.91. The van der Waals surface area contributed by atoms with Gasteiger partial charge in [0, 0.05) is 12.4 Å². The number of benzene rings is 2.